The van der Waals surface area contributed by atoms with E-state index in [1.807, 2.05) is 5.01 Å². The third kappa shape index (κ3) is 2.13. The van der Waals surface area contributed by atoms with Crippen LogP contribution in [0.1, 0.15) is 12.8 Å². The van der Waals surface area contributed by atoms with Gasteiger partial charge in [0.1, 0.15) is 0 Å². The van der Waals surface area contributed by atoms with Crippen LogP contribution in [-0.2, 0) is 0 Å². The molecule has 0 amide bonds. The maximum Gasteiger partial charge on any atom is 0.0553 e. The molecule has 1 fully saturated rings. The number of aliphatic hydroxyl groups excluding tert-OH is 2. The number of hydrogen-bond acceptors (Lipinski definition) is 6. The van der Waals surface area contributed by atoms with Crippen molar-refractivity contribution in [1.29, 1.82) is 0 Å². The molecule has 0 aromatic rings. The van der Waals surface area contributed by atoms with Crippen molar-refractivity contribution in [1.82, 2.24) is 16.7 Å². The Labute approximate surface area is 71.9 Å². The number of rotatable bonds is 5. The summed E-state index contributed by atoms with van der Waals surface area (Å²) in [5, 5.41) is 19.2. The number of nitrogens with one attached hydrogen (secondary N) is 1. The Hall–Kier alpha value is -0.240. The lowest BCUT2D eigenvalue weighted by atomic mass is 10.0. The molecule has 0 bridgehead atoms. The molecular weight excluding hydrogens is 160 g/mol. The summed E-state index contributed by atoms with van der Waals surface area (Å²) in [6, 6.07) is 0. The SMILES string of the molecule is N.NNN1CC1(CCO)CCO. The summed E-state index contributed by atoms with van der Waals surface area (Å²) in [5.74, 6) is 5.18. The van der Waals surface area contributed by atoms with Crippen LogP contribution in [0.2, 0.25) is 0 Å². The van der Waals surface area contributed by atoms with Crippen molar-refractivity contribution in [3.8, 4) is 0 Å². The molecule has 1 aliphatic heterocycles. The van der Waals surface area contributed by atoms with Crippen LogP contribution in [0, 0.1) is 0 Å². The smallest absolute Gasteiger partial charge is 0.0553 e. The van der Waals surface area contributed by atoms with Crippen molar-refractivity contribution in [3.05, 3.63) is 0 Å². The molecule has 1 heterocycles. The van der Waals surface area contributed by atoms with Gasteiger partial charge in [0.25, 0.3) is 0 Å². The summed E-state index contributed by atoms with van der Waals surface area (Å²) in [7, 11) is 0. The number of hydrogen-bond donors (Lipinski definition) is 5. The minimum atomic E-state index is -0.0851. The average Bonchev–Trinajstić information content (AvgIpc) is 2.65. The molecule has 0 saturated carbocycles. The van der Waals surface area contributed by atoms with Crippen molar-refractivity contribution in [2.75, 3.05) is 19.8 Å². The molecule has 1 atom stereocenters. The third-order valence-corrected chi connectivity index (χ3v) is 2.23. The fourth-order valence-electron chi connectivity index (χ4n) is 1.41. The number of aliphatic hydroxyl groups is 2. The van der Waals surface area contributed by atoms with Gasteiger partial charge in [-0.25, -0.2) is 5.01 Å². The zero-order chi connectivity index (χ0) is 8.32. The van der Waals surface area contributed by atoms with Gasteiger partial charge in [-0.15, -0.1) is 0 Å². The molecule has 1 aliphatic rings. The molecule has 0 aromatic heterocycles. The van der Waals surface area contributed by atoms with E-state index in [-0.39, 0.29) is 24.9 Å². The topological polar surface area (TPSA) is 117 Å². The maximum absolute atomic E-state index is 8.70. The Balaban J connectivity index is 0.00000121. The van der Waals surface area contributed by atoms with Gasteiger partial charge in [-0.1, -0.05) is 0 Å². The summed E-state index contributed by atoms with van der Waals surface area (Å²) in [6.45, 7) is 1.08. The van der Waals surface area contributed by atoms with E-state index in [0.717, 1.165) is 6.54 Å². The molecule has 1 saturated heterocycles. The summed E-state index contributed by atoms with van der Waals surface area (Å²) in [5.41, 5.74) is 2.43. The van der Waals surface area contributed by atoms with Crippen molar-refractivity contribution in [2.24, 2.45) is 5.84 Å². The van der Waals surface area contributed by atoms with Crippen molar-refractivity contribution in [3.63, 3.8) is 0 Å². The van der Waals surface area contributed by atoms with E-state index >= 15 is 0 Å². The maximum atomic E-state index is 8.70. The normalized spacial score (nSPS) is 24.8. The van der Waals surface area contributed by atoms with Crippen molar-refractivity contribution in [2.45, 2.75) is 18.4 Å². The molecule has 6 heteroatoms. The van der Waals surface area contributed by atoms with E-state index in [2.05, 4.69) is 5.53 Å². The van der Waals surface area contributed by atoms with E-state index < -0.39 is 0 Å². The lowest BCUT2D eigenvalue weighted by Gasteiger charge is -2.13. The Morgan fingerprint density at radius 3 is 2.08 bits per heavy atom. The van der Waals surface area contributed by atoms with E-state index in [1.54, 1.807) is 0 Å². The molecule has 0 radical (unpaired) electrons. The Morgan fingerprint density at radius 2 is 1.83 bits per heavy atom. The second-order valence-corrected chi connectivity index (χ2v) is 2.89. The second kappa shape index (κ2) is 4.70. The molecule has 8 N–H and O–H groups in total. The van der Waals surface area contributed by atoms with Gasteiger partial charge in [-0.05, 0) is 12.8 Å². The van der Waals surface area contributed by atoms with Gasteiger partial charge in [0.05, 0.1) is 5.54 Å². The highest BCUT2D eigenvalue weighted by Crippen LogP contribution is 2.35. The monoisotopic (exact) mass is 178 g/mol. The quantitative estimate of drug-likeness (QED) is 0.195. The predicted octanol–water partition coefficient (Wildman–Crippen LogP) is -1.65. The van der Waals surface area contributed by atoms with Gasteiger partial charge >= 0.3 is 0 Å². The van der Waals surface area contributed by atoms with Crippen molar-refractivity contribution < 1.29 is 10.2 Å². The molecule has 0 aromatic carbocycles. The van der Waals surface area contributed by atoms with Gasteiger partial charge in [-0.2, -0.15) is 5.53 Å². The molecule has 6 nitrogen and oxygen atoms in total. The lowest BCUT2D eigenvalue weighted by Crippen LogP contribution is -2.35. The Kier molecular flexibility index (Phi) is 4.61. The number of nitrogens with two attached hydrogens (primary N) is 1. The number of hydrazine groups is 2. The van der Waals surface area contributed by atoms with Crippen LogP contribution in [-0.4, -0.2) is 40.5 Å². The van der Waals surface area contributed by atoms with Gasteiger partial charge in [0.15, 0.2) is 0 Å². The Morgan fingerprint density at radius 1 is 1.33 bits per heavy atom. The minimum absolute atomic E-state index is 0. The zero-order valence-electron chi connectivity index (χ0n) is 7.16. The van der Waals surface area contributed by atoms with Gasteiger partial charge in [0, 0.05) is 19.8 Å². The molecule has 0 aliphatic carbocycles. The van der Waals surface area contributed by atoms with E-state index in [0.29, 0.717) is 12.8 Å². The minimum Gasteiger partial charge on any atom is -0.396 e. The van der Waals surface area contributed by atoms with E-state index in [9.17, 15) is 0 Å². The summed E-state index contributed by atoms with van der Waals surface area (Å²) in [4.78, 5) is 0. The summed E-state index contributed by atoms with van der Waals surface area (Å²) < 4.78 is 0. The summed E-state index contributed by atoms with van der Waals surface area (Å²) >= 11 is 0. The van der Waals surface area contributed by atoms with Crippen LogP contribution in [0.25, 0.3) is 0 Å². The first kappa shape index (κ1) is 11.8. The van der Waals surface area contributed by atoms with Crippen LogP contribution in [0.5, 0.6) is 0 Å². The first-order valence-corrected chi connectivity index (χ1v) is 3.75. The average molecular weight is 178 g/mol. The second-order valence-electron chi connectivity index (χ2n) is 2.89. The summed E-state index contributed by atoms with van der Waals surface area (Å²) in [6.07, 6.45) is 1.33. The van der Waals surface area contributed by atoms with Crippen LogP contribution in [0.15, 0.2) is 0 Å². The first-order chi connectivity index (χ1) is 5.29. The molecular formula is C6H18N4O2. The highest BCUT2D eigenvalue weighted by Gasteiger charge is 2.50. The van der Waals surface area contributed by atoms with Gasteiger partial charge < -0.3 is 16.4 Å². The fraction of sp³-hybridized carbons (Fsp3) is 1.00. The van der Waals surface area contributed by atoms with Crippen LogP contribution in [0.3, 0.4) is 0 Å². The predicted molar refractivity (Wildman–Crippen MR) is 45.2 cm³/mol. The molecule has 1 unspecified atom stereocenters. The fourth-order valence-corrected chi connectivity index (χ4v) is 1.41. The van der Waals surface area contributed by atoms with Crippen LogP contribution in [0.4, 0.5) is 0 Å². The standard InChI is InChI=1S/C6H15N3O2.H3N/c7-8-9-5-6(9,1-3-10)2-4-11;/h8,10-11H,1-5,7H2;1H3. The largest absolute Gasteiger partial charge is 0.396 e. The zero-order valence-corrected chi connectivity index (χ0v) is 7.16. The van der Waals surface area contributed by atoms with E-state index in [4.69, 9.17) is 16.1 Å². The van der Waals surface area contributed by atoms with Crippen LogP contribution >= 0.6 is 0 Å². The first-order valence-electron chi connectivity index (χ1n) is 3.75. The number of nitrogens with zero attached hydrogens (tertiary/aromatic N) is 1. The highest BCUT2D eigenvalue weighted by molar-refractivity contribution is 5.03. The van der Waals surface area contributed by atoms with Crippen LogP contribution < -0.4 is 17.5 Å². The molecule has 74 valence electrons. The van der Waals surface area contributed by atoms with Crippen molar-refractivity contribution >= 4 is 0 Å². The Bertz CT molecular complexity index is 127. The molecule has 12 heavy (non-hydrogen) atoms. The van der Waals surface area contributed by atoms with E-state index in [1.165, 1.54) is 0 Å². The highest BCUT2D eigenvalue weighted by atomic mass is 16.3. The lowest BCUT2D eigenvalue weighted by molar-refractivity contribution is 0.189. The molecule has 0 spiro atoms. The van der Waals surface area contributed by atoms with Gasteiger partial charge in [0.2, 0.25) is 0 Å². The third-order valence-electron chi connectivity index (χ3n) is 2.23. The molecule has 1 rings (SSSR count). The van der Waals surface area contributed by atoms with Gasteiger partial charge in [-0.3, -0.25) is 5.84 Å².